The summed E-state index contributed by atoms with van der Waals surface area (Å²) in [5, 5.41) is 0. The van der Waals surface area contributed by atoms with Crippen molar-refractivity contribution in [3.8, 4) is 11.5 Å². The molecule has 2 aliphatic rings. The van der Waals surface area contributed by atoms with Gasteiger partial charge in [-0.15, -0.1) is 0 Å². The molecular weight excluding hydrogens is 345 g/mol. The number of likely N-dealkylation sites (tertiary alicyclic amines) is 1. The molecule has 4 nitrogen and oxygen atoms in total. The van der Waals surface area contributed by atoms with E-state index < -0.39 is 0 Å². The van der Waals surface area contributed by atoms with Gasteiger partial charge < -0.3 is 14.4 Å². The number of hydrogen-bond acceptors (Lipinski definition) is 3. The van der Waals surface area contributed by atoms with Crippen LogP contribution in [0.4, 0.5) is 4.39 Å². The number of carbonyl (C=O) groups excluding carboxylic acids is 1. The Hall–Kier alpha value is -2.56. The van der Waals surface area contributed by atoms with Crippen LogP contribution in [0, 0.1) is 17.7 Å². The number of carbonyl (C=O) groups is 1. The molecule has 0 bridgehead atoms. The summed E-state index contributed by atoms with van der Waals surface area (Å²) in [6.45, 7) is 1.44. The van der Waals surface area contributed by atoms with E-state index in [1.165, 1.54) is 6.07 Å². The van der Waals surface area contributed by atoms with Crippen LogP contribution in [0.15, 0.2) is 48.5 Å². The molecular formula is C22H24FNO3. The fourth-order valence-corrected chi connectivity index (χ4v) is 4.39. The first kappa shape index (κ1) is 17.8. The first-order valence-corrected chi connectivity index (χ1v) is 9.46. The summed E-state index contributed by atoms with van der Waals surface area (Å²) in [4.78, 5) is 14.7. The van der Waals surface area contributed by atoms with Crippen LogP contribution >= 0.6 is 0 Å². The Bertz CT molecular complexity index is 825. The molecule has 1 heterocycles. The Balaban J connectivity index is 1.40. The van der Waals surface area contributed by atoms with Crippen LogP contribution in [0.5, 0.6) is 11.5 Å². The maximum absolute atomic E-state index is 13.9. The highest BCUT2D eigenvalue weighted by Crippen LogP contribution is 2.40. The monoisotopic (exact) mass is 369 g/mol. The smallest absolute Gasteiger partial charge is 0.227 e. The molecule has 1 amide bonds. The third-order valence-electron chi connectivity index (χ3n) is 5.79. The van der Waals surface area contributed by atoms with Gasteiger partial charge in [-0.2, -0.15) is 0 Å². The van der Waals surface area contributed by atoms with Crippen molar-refractivity contribution in [3.05, 3.63) is 59.9 Å². The fourth-order valence-electron chi connectivity index (χ4n) is 4.39. The zero-order valence-electron chi connectivity index (χ0n) is 15.4. The lowest BCUT2D eigenvalue weighted by atomic mass is 9.99. The normalized spacial score (nSPS) is 23.9. The summed E-state index contributed by atoms with van der Waals surface area (Å²) < 4.78 is 25.2. The van der Waals surface area contributed by atoms with Crippen LogP contribution in [-0.2, 0) is 11.2 Å². The second-order valence-corrected chi connectivity index (χ2v) is 7.38. The van der Waals surface area contributed by atoms with Crippen molar-refractivity contribution in [2.24, 2.45) is 11.8 Å². The lowest BCUT2D eigenvalue weighted by Gasteiger charge is -2.22. The van der Waals surface area contributed by atoms with Crippen molar-refractivity contribution in [1.29, 1.82) is 0 Å². The number of rotatable bonds is 5. The molecule has 2 aromatic carbocycles. The van der Waals surface area contributed by atoms with Gasteiger partial charge in [-0.05, 0) is 37.0 Å². The summed E-state index contributed by atoms with van der Waals surface area (Å²) in [5.74, 6) is 1.53. The molecule has 3 atom stereocenters. The topological polar surface area (TPSA) is 38.8 Å². The number of amides is 1. The Kier molecular flexibility index (Phi) is 5.01. The van der Waals surface area contributed by atoms with Crippen LogP contribution in [0.2, 0.25) is 0 Å². The molecule has 0 radical (unpaired) electrons. The van der Waals surface area contributed by atoms with E-state index >= 15 is 0 Å². The molecule has 0 aromatic heterocycles. The standard InChI is InChI=1S/C22H24FNO3/c1-26-19-8-4-2-6-15(19)12-22(25)24-13-16-10-11-20(17(16)14-24)27-21-9-5-3-7-18(21)23/h2-9,16-17,20H,10-14H2,1H3/t16-,17+,20-/m0/s1. The van der Waals surface area contributed by atoms with E-state index in [1.807, 2.05) is 29.2 Å². The summed E-state index contributed by atoms with van der Waals surface area (Å²) in [7, 11) is 1.62. The molecule has 1 aliphatic carbocycles. The van der Waals surface area contributed by atoms with Crippen LogP contribution in [0.1, 0.15) is 18.4 Å². The minimum Gasteiger partial charge on any atom is -0.496 e. The van der Waals surface area contributed by atoms with Crippen molar-refractivity contribution < 1.29 is 18.7 Å². The maximum atomic E-state index is 13.9. The molecule has 2 fully saturated rings. The summed E-state index contributed by atoms with van der Waals surface area (Å²) in [6, 6.07) is 14.1. The average Bonchev–Trinajstić information content (AvgIpc) is 3.26. The minimum atomic E-state index is -0.331. The quantitative estimate of drug-likeness (QED) is 0.807. The molecule has 2 aromatic rings. The number of halogens is 1. The van der Waals surface area contributed by atoms with Gasteiger partial charge in [0, 0.05) is 24.6 Å². The number of nitrogens with zero attached hydrogens (tertiary/aromatic N) is 1. The van der Waals surface area contributed by atoms with Crippen LogP contribution in [0.25, 0.3) is 0 Å². The highest BCUT2D eigenvalue weighted by atomic mass is 19.1. The van der Waals surface area contributed by atoms with E-state index in [0.29, 0.717) is 24.6 Å². The Labute approximate surface area is 158 Å². The van der Waals surface area contributed by atoms with Gasteiger partial charge in [-0.25, -0.2) is 4.39 Å². The lowest BCUT2D eigenvalue weighted by Crippen LogP contribution is -2.33. The molecule has 4 rings (SSSR count). The molecule has 1 saturated heterocycles. The number of fused-ring (bicyclic) bond motifs is 1. The predicted molar refractivity (Wildman–Crippen MR) is 100 cm³/mol. The average molecular weight is 369 g/mol. The highest BCUT2D eigenvalue weighted by Gasteiger charge is 2.45. The van der Waals surface area contributed by atoms with Crippen LogP contribution < -0.4 is 9.47 Å². The molecule has 1 saturated carbocycles. The number of benzene rings is 2. The highest BCUT2D eigenvalue weighted by molar-refractivity contribution is 5.79. The van der Waals surface area contributed by atoms with E-state index in [1.54, 1.807) is 25.3 Å². The Morgan fingerprint density at radius 3 is 2.59 bits per heavy atom. The van der Waals surface area contributed by atoms with Crippen molar-refractivity contribution in [2.45, 2.75) is 25.4 Å². The number of methoxy groups -OCH3 is 1. The molecule has 0 N–H and O–H groups in total. The second-order valence-electron chi connectivity index (χ2n) is 7.38. The second kappa shape index (κ2) is 7.59. The van der Waals surface area contributed by atoms with Gasteiger partial charge in [0.15, 0.2) is 11.6 Å². The third kappa shape index (κ3) is 3.64. The first-order chi connectivity index (χ1) is 13.2. The molecule has 0 spiro atoms. The van der Waals surface area contributed by atoms with Gasteiger partial charge in [0.1, 0.15) is 11.9 Å². The summed E-state index contributed by atoms with van der Waals surface area (Å²) >= 11 is 0. The maximum Gasteiger partial charge on any atom is 0.227 e. The van der Waals surface area contributed by atoms with E-state index in [0.717, 1.165) is 30.7 Å². The van der Waals surface area contributed by atoms with E-state index in [4.69, 9.17) is 9.47 Å². The van der Waals surface area contributed by atoms with Gasteiger partial charge in [0.25, 0.3) is 0 Å². The number of ether oxygens (including phenoxy) is 2. The van der Waals surface area contributed by atoms with E-state index in [2.05, 4.69) is 0 Å². The predicted octanol–water partition coefficient (Wildman–Crippen LogP) is 3.69. The van der Waals surface area contributed by atoms with Gasteiger partial charge in [-0.3, -0.25) is 4.79 Å². The van der Waals surface area contributed by atoms with Crippen molar-refractivity contribution in [1.82, 2.24) is 4.90 Å². The SMILES string of the molecule is COc1ccccc1CC(=O)N1C[C@@H]2CC[C@H](Oc3ccccc3F)[C@@H]2C1. The fraction of sp³-hybridized carbons (Fsp3) is 0.409. The van der Waals surface area contributed by atoms with Crippen LogP contribution in [-0.4, -0.2) is 37.1 Å². The number of hydrogen-bond donors (Lipinski definition) is 0. The summed E-state index contributed by atoms with van der Waals surface area (Å²) in [5.41, 5.74) is 0.904. The molecule has 27 heavy (non-hydrogen) atoms. The lowest BCUT2D eigenvalue weighted by molar-refractivity contribution is -0.129. The Morgan fingerprint density at radius 2 is 1.81 bits per heavy atom. The van der Waals surface area contributed by atoms with Crippen molar-refractivity contribution >= 4 is 5.91 Å². The van der Waals surface area contributed by atoms with Gasteiger partial charge >= 0.3 is 0 Å². The van der Waals surface area contributed by atoms with Crippen molar-refractivity contribution in [2.75, 3.05) is 20.2 Å². The number of para-hydroxylation sites is 2. The third-order valence-corrected chi connectivity index (χ3v) is 5.79. The zero-order chi connectivity index (χ0) is 18.8. The molecule has 1 aliphatic heterocycles. The zero-order valence-corrected chi connectivity index (χ0v) is 15.4. The molecule has 0 unspecified atom stereocenters. The van der Waals surface area contributed by atoms with E-state index in [9.17, 15) is 9.18 Å². The molecule has 142 valence electrons. The van der Waals surface area contributed by atoms with Gasteiger partial charge in [0.05, 0.1) is 13.5 Å². The van der Waals surface area contributed by atoms with E-state index in [-0.39, 0.29) is 23.7 Å². The van der Waals surface area contributed by atoms with Gasteiger partial charge in [0.2, 0.25) is 5.91 Å². The van der Waals surface area contributed by atoms with Crippen LogP contribution in [0.3, 0.4) is 0 Å². The van der Waals surface area contributed by atoms with Crippen molar-refractivity contribution in [3.63, 3.8) is 0 Å². The largest absolute Gasteiger partial charge is 0.496 e. The summed E-state index contributed by atoms with van der Waals surface area (Å²) in [6.07, 6.45) is 2.24. The Morgan fingerprint density at radius 1 is 1.07 bits per heavy atom. The molecule has 5 heteroatoms. The minimum absolute atomic E-state index is 0.0315. The van der Waals surface area contributed by atoms with Gasteiger partial charge in [-0.1, -0.05) is 30.3 Å². The first-order valence-electron chi connectivity index (χ1n) is 9.46.